The van der Waals surface area contributed by atoms with Crippen molar-refractivity contribution in [1.29, 1.82) is 0 Å². The quantitative estimate of drug-likeness (QED) is 0.765. The van der Waals surface area contributed by atoms with Gasteiger partial charge in [-0.05, 0) is 18.7 Å². The Morgan fingerprint density at radius 1 is 1.44 bits per heavy atom. The summed E-state index contributed by atoms with van der Waals surface area (Å²) in [6, 6.07) is 5.81. The highest BCUT2D eigenvalue weighted by Gasteiger charge is 2.25. The number of pyridine rings is 1. The third-order valence-corrected chi connectivity index (χ3v) is 2.50. The molecule has 0 aliphatic carbocycles. The molecule has 0 saturated heterocycles. The second kappa shape index (κ2) is 4.85. The van der Waals surface area contributed by atoms with Crippen LogP contribution >= 0.6 is 0 Å². The van der Waals surface area contributed by atoms with Crippen molar-refractivity contribution in [1.82, 2.24) is 9.88 Å². The Bertz CT molecular complexity index is 366. The van der Waals surface area contributed by atoms with Crippen molar-refractivity contribution < 1.29 is 4.74 Å². The summed E-state index contributed by atoms with van der Waals surface area (Å²) in [6.07, 6.45) is 4.03. The largest absolute Gasteiger partial charge is 0.474 e. The molecule has 0 fully saturated rings. The van der Waals surface area contributed by atoms with Crippen molar-refractivity contribution in [2.24, 2.45) is 11.5 Å². The van der Waals surface area contributed by atoms with Crippen molar-refractivity contribution in [3.8, 4) is 0 Å². The van der Waals surface area contributed by atoms with Gasteiger partial charge in [-0.3, -0.25) is 4.98 Å². The van der Waals surface area contributed by atoms with E-state index in [1.807, 2.05) is 23.1 Å². The van der Waals surface area contributed by atoms with E-state index in [-0.39, 0.29) is 6.23 Å². The van der Waals surface area contributed by atoms with Crippen molar-refractivity contribution in [3.05, 3.63) is 42.2 Å². The third-order valence-electron chi connectivity index (χ3n) is 2.50. The Kier molecular flexibility index (Phi) is 3.26. The van der Waals surface area contributed by atoms with Gasteiger partial charge in [-0.15, -0.1) is 0 Å². The maximum atomic E-state index is 5.84. The topological polar surface area (TPSA) is 77.4 Å². The van der Waals surface area contributed by atoms with E-state index < -0.39 is 0 Å². The van der Waals surface area contributed by atoms with Gasteiger partial charge in [0.25, 0.3) is 0 Å². The standard InChI is InChI=1S/C11H16N4O/c12-5-4-11-15(10(13)8-16-11)7-9-3-1-2-6-14-9/h1-3,6,8,11H,4-5,7,12-13H2. The van der Waals surface area contributed by atoms with Gasteiger partial charge in [0, 0.05) is 12.6 Å². The summed E-state index contributed by atoms with van der Waals surface area (Å²) in [5.74, 6) is 0.629. The fraction of sp³-hybridized carbons (Fsp3) is 0.364. The van der Waals surface area contributed by atoms with Crippen LogP contribution in [-0.4, -0.2) is 22.7 Å². The lowest BCUT2D eigenvalue weighted by Crippen LogP contribution is -2.35. The lowest BCUT2D eigenvalue weighted by atomic mass is 10.3. The van der Waals surface area contributed by atoms with E-state index >= 15 is 0 Å². The van der Waals surface area contributed by atoms with Gasteiger partial charge in [0.15, 0.2) is 6.23 Å². The van der Waals surface area contributed by atoms with Crippen molar-refractivity contribution in [3.63, 3.8) is 0 Å². The highest BCUT2D eigenvalue weighted by molar-refractivity contribution is 5.07. The summed E-state index contributed by atoms with van der Waals surface area (Å²) in [5, 5.41) is 0. The molecular formula is C11H16N4O. The normalized spacial score (nSPS) is 19.4. The van der Waals surface area contributed by atoms with Crippen LogP contribution in [-0.2, 0) is 11.3 Å². The minimum absolute atomic E-state index is 0.0630. The van der Waals surface area contributed by atoms with Gasteiger partial charge in [0.2, 0.25) is 0 Å². The van der Waals surface area contributed by atoms with Crippen LogP contribution in [0.5, 0.6) is 0 Å². The third kappa shape index (κ3) is 2.25. The Hall–Kier alpha value is -1.75. The van der Waals surface area contributed by atoms with Crippen LogP contribution in [0.4, 0.5) is 0 Å². The summed E-state index contributed by atoms with van der Waals surface area (Å²) in [4.78, 5) is 6.23. The van der Waals surface area contributed by atoms with Crippen LogP contribution in [0.3, 0.4) is 0 Å². The van der Waals surface area contributed by atoms with Crippen LogP contribution in [0, 0.1) is 0 Å². The number of ether oxygens (including phenoxy) is 1. The molecule has 4 N–H and O–H groups in total. The molecule has 1 aliphatic rings. The van der Waals surface area contributed by atoms with Crippen LogP contribution in [0.2, 0.25) is 0 Å². The molecule has 2 rings (SSSR count). The molecule has 5 nitrogen and oxygen atoms in total. The zero-order chi connectivity index (χ0) is 11.4. The SMILES string of the molecule is NCCC1OC=C(N)N1Cc1ccccn1. The van der Waals surface area contributed by atoms with Gasteiger partial charge in [-0.1, -0.05) is 6.07 Å². The van der Waals surface area contributed by atoms with Crippen molar-refractivity contribution in [2.45, 2.75) is 19.2 Å². The molecule has 0 spiro atoms. The Morgan fingerprint density at radius 2 is 2.31 bits per heavy atom. The molecule has 1 aromatic heterocycles. The number of aromatic nitrogens is 1. The van der Waals surface area contributed by atoms with E-state index in [2.05, 4.69) is 4.98 Å². The number of rotatable bonds is 4. The van der Waals surface area contributed by atoms with Crippen LogP contribution in [0.25, 0.3) is 0 Å². The van der Waals surface area contributed by atoms with Gasteiger partial charge in [-0.2, -0.15) is 0 Å². The molecule has 0 amide bonds. The van der Waals surface area contributed by atoms with E-state index in [0.29, 0.717) is 18.9 Å². The first-order valence-corrected chi connectivity index (χ1v) is 5.29. The Morgan fingerprint density at radius 3 is 3.00 bits per heavy atom. The molecule has 0 aromatic carbocycles. The summed E-state index contributed by atoms with van der Waals surface area (Å²) < 4.78 is 5.42. The molecule has 0 bridgehead atoms. The number of hydrogen-bond donors (Lipinski definition) is 2. The fourth-order valence-electron chi connectivity index (χ4n) is 1.68. The van der Waals surface area contributed by atoms with E-state index in [0.717, 1.165) is 12.1 Å². The van der Waals surface area contributed by atoms with E-state index in [1.165, 1.54) is 0 Å². The first-order chi connectivity index (χ1) is 7.81. The first kappa shape index (κ1) is 10.8. The fourth-order valence-corrected chi connectivity index (χ4v) is 1.68. The highest BCUT2D eigenvalue weighted by atomic mass is 16.5. The zero-order valence-electron chi connectivity index (χ0n) is 9.04. The van der Waals surface area contributed by atoms with E-state index in [9.17, 15) is 0 Å². The van der Waals surface area contributed by atoms with Gasteiger partial charge in [0.05, 0.1) is 12.2 Å². The molecule has 86 valence electrons. The monoisotopic (exact) mass is 220 g/mol. The van der Waals surface area contributed by atoms with Crippen molar-refractivity contribution in [2.75, 3.05) is 6.54 Å². The molecule has 0 radical (unpaired) electrons. The van der Waals surface area contributed by atoms with E-state index in [4.69, 9.17) is 16.2 Å². The molecule has 1 unspecified atom stereocenters. The molecule has 1 aromatic rings. The maximum Gasteiger partial charge on any atom is 0.174 e. The van der Waals surface area contributed by atoms with Crippen LogP contribution in [0.15, 0.2) is 36.5 Å². The van der Waals surface area contributed by atoms with E-state index in [1.54, 1.807) is 12.5 Å². The average Bonchev–Trinajstić information content (AvgIpc) is 2.64. The molecule has 16 heavy (non-hydrogen) atoms. The minimum atomic E-state index is -0.0630. The first-order valence-electron chi connectivity index (χ1n) is 5.29. The summed E-state index contributed by atoms with van der Waals surface area (Å²) in [7, 11) is 0. The van der Waals surface area contributed by atoms with Crippen LogP contribution < -0.4 is 11.5 Å². The molecule has 5 heteroatoms. The Balaban J connectivity index is 2.04. The van der Waals surface area contributed by atoms with Gasteiger partial charge in [0.1, 0.15) is 12.1 Å². The van der Waals surface area contributed by atoms with Gasteiger partial charge in [-0.25, -0.2) is 0 Å². The predicted octanol–water partition coefficient (Wildman–Crippen LogP) is 0.346. The van der Waals surface area contributed by atoms with Gasteiger partial charge < -0.3 is 21.1 Å². The molecule has 2 heterocycles. The molecule has 1 atom stereocenters. The van der Waals surface area contributed by atoms with Gasteiger partial charge >= 0.3 is 0 Å². The number of hydrogen-bond acceptors (Lipinski definition) is 5. The van der Waals surface area contributed by atoms with Crippen LogP contribution in [0.1, 0.15) is 12.1 Å². The lowest BCUT2D eigenvalue weighted by Gasteiger charge is -2.25. The molecule has 1 aliphatic heterocycles. The smallest absolute Gasteiger partial charge is 0.174 e. The maximum absolute atomic E-state index is 5.84. The minimum Gasteiger partial charge on any atom is -0.474 e. The van der Waals surface area contributed by atoms with Crippen molar-refractivity contribution >= 4 is 0 Å². The predicted molar refractivity (Wildman–Crippen MR) is 60.6 cm³/mol. The highest BCUT2D eigenvalue weighted by Crippen LogP contribution is 2.20. The molecule has 0 saturated carbocycles. The average molecular weight is 220 g/mol. The second-order valence-electron chi connectivity index (χ2n) is 3.66. The lowest BCUT2D eigenvalue weighted by molar-refractivity contribution is 0.0423. The number of nitrogens with two attached hydrogens (primary N) is 2. The number of nitrogens with zero attached hydrogens (tertiary/aromatic N) is 2. The molecular weight excluding hydrogens is 204 g/mol. The second-order valence-corrected chi connectivity index (χ2v) is 3.66. The summed E-state index contributed by atoms with van der Waals surface area (Å²) >= 11 is 0. The Labute approximate surface area is 94.7 Å². The zero-order valence-corrected chi connectivity index (χ0v) is 9.04. The summed E-state index contributed by atoms with van der Waals surface area (Å²) in [6.45, 7) is 1.22. The summed E-state index contributed by atoms with van der Waals surface area (Å²) in [5.41, 5.74) is 12.3.